The van der Waals surface area contributed by atoms with Crippen LogP contribution in [-0.2, 0) is 20.5 Å². The quantitative estimate of drug-likeness (QED) is 0.102. The SMILES string of the molecule is CCC[CH2][Sn](/[CH]=C/[C@@H](OCc1ccc(OC)cc1)[C@H]1O[C@@H]1C[C@H](C)O[Si](C)(C)C(C)(C)C)([CH2]CCC)[CH2]CCC. The van der Waals surface area contributed by atoms with Crippen LogP contribution in [0.15, 0.2) is 34.4 Å². The standard InChI is InChI=1S/C22H35O4Si.3C4H9.Sn/c1-9-19(24-15-17-10-12-18(23-6)13-11-17)21-20(25-21)14-16(2)26-27(7,8)22(3,4)5;3*1-3-4-2;/h1,9-13,16,19-21H,14-15H2,2-8H3;3*1,3-4H2,2H3;/t16-,19+,20+,21+;;;;/m0..../s1. The summed E-state index contributed by atoms with van der Waals surface area (Å²) < 4.78 is 32.2. The van der Waals surface area contributed by atoms with Gasteiger partial charge >= 0.3 is 254 Å². The molecular weight excluding hydrogens is 619 g/mol. The van der Waals surface area contributed by atoms with Gasteiger partial charge < -0.3 is 0 Å². The van der Waals surface area contributed by atoms with E-state index >= 15 is 0 Å². The van der Waals surface area contributed by atoms with Gasteiger partial charge in [0.15, 0.2) is 0 Å². The molecule has 230 valence electrons. The van der Waals surface area contributed by atoms with Crippen molar-refractivity contribution in [3.05, 3.63) is 40.0 Å². The molecule has 1 aromatic rings. The minimum atomic E-state index is -2.43. The molecule has 4 nitrogen and oxygen atoms in total. The number of methoxy groups -OCH3 is 1. The molecule has 0 aliphatic carbocycles. The number of epoxide rings is 1. The third-order valence-electron chi connectivity index (χ3n) is 9.14. The number of rotatable bonds is 20. The first kappa shape index (κ1) is 35.8. The van der Waals surface area contributed by atoms with Gasteiger partial charge in [0.05, 0.1) is 0 Å². The molecule has 0 unspecified atom stereocenters. The van der Waals surface area contributed by atoms with Crippen LogP contribution in [-0.4, -0.2) is 58.2 Å². The molecule has 0 aromatic heterocycles. The van der Waals surface area contributed by atoms with Gasteiger partial charge in [-0.15, -0.1) is 0 Å². The molecule has 1 aliphatic rings. The fourth-order valence-electron chi connectivity index (χ4n) is 5.37. The monoisotopic (exact) mass is 682 g/mol. The molecule has 0 radical (unpaired) electrons. The average molecular weight is 682 g/mol. The predicted molar refractivity (Wildman–Crippen MR) is 177 cm³/mol. The van der Waals surface area contributed by atoms with E-state index in [1.165, 1.54) is 57.4 Å². The van der Waals surface area contributed by atoms with Crippen molar-refractivity contribution < 1.29 is 18.6 Å². The topological polar surface area (TPSA) is 40.2 Å². The third-order valence-corrected chi connectivity index (χ3v) is 27.9. The zero-order valence-electron chi connectivity index (χ0n) is 27.7. The summed E-state index contributed by atoms with van der Waals surface area (Å²) in [6, 6.07) is 8.24. The Hall–Kier alpha value is -0.344. The molecule has 1 fully saturated rings. The van der Waals surface area contributed by atoms with Crippen LogP contribution < -0.4 is 4.74 Å². The van der Waals surface area contributed by atoms with E-state index in [2.05, 4.69) is 83.9 Å². The van der Waals surface area contributed by atoms with Crippen molar-refractivity contribution in [1.82, 2.24) is 0 Å². The fourth-order valence-corrected chi connectivity index (χ4v) is 21.2. The van der Waals surface area contributed by atoms with Gasteiger partial charge in [-0.25, -0.2) is 0 Å². The van der Waals surface area contributed by atoms with Crippen molar-refractivity contribution in [2.24, 2.45) is 0 Å². The second-order valence-electron chi connectivity index (χ2n) is 13.7. The van der Waals surface area contributed by atoms with Gasteiger partial charge in [0.1, 0.15) is 0 Å². The molecule has 1 saturated heterocycles. The maximum atomic E-state index is 6.68. The number of hydrogen-bond donors (Lipinski definition) is 0. The first-order valence-corrected chi connectivity index (χ1v) is 26.8. The Morgan fingerprint density at radius 1 is 0.950 bits per heavy atom. The Labute approximate surface area is 253 Å². The van der Waals surface area contributed by atoms with Gasteiger partial charge in [0, 0.05) is 0 Å². The van der Waals surface area contributed by atoms with Crippen molar-refractivity contribution in [2.45, 2.75) is 156 Å². The summed E-state index contributed by atoms with van der Waals surface area (Å²) in [6.45, 7) is 21.5. The number of benzene rings is 1. The van der Waals surface area contributed by atoms with Gasteiger partial charge in [0.2, 0.25) is 0 Å². The van der Waals surface area contributed by atoms with Crippen LogP contribution in [0, 0.1) is 0 Å². The van der Waals surface area contributed by atoms with E-state index < -0.39 is 26.7 Å². The van der Waals surface area contributed by atoms with Crippen LogP contribution in [0.3, 0.4) is 0 Å². The second-order valence-corrected chi connectivity index (χ2v) is 31.5. The Kier molecular flexibility index (Phi) is 15.3. The minimum absolute atomic E-state index is 0.00636. The molecule has 1 aliphatic heterocycles. The van der Waals surface area contributed by atoms with Gasteiger partial charge in [-0.3, -0.25) is 0 Å². The molecule has 4 atom stereocenters. The Morgan fingerprint density at radius 2 is 1.50 bits per heavy atom. The molecule has 6 heteroatoms. The van der Waals surface area contributed by atoms with Gasteiger partial charge in [-0.1, -0.05) is 0 Å². The van der Waals surface area contributed by atoms with Crippen molar-refractivity contribution in [1.29, 1.82) is 0 Å². The summed E-state index contributed by atoms with van der Waals surface area (Å²) in [6.07, 6.45) is 11.9. The van der Waals surface area contributed by atoms with E-state index in [9.17, 15) is 0 Å². The van der Waals surface area contributed by atoms with Crippen LogP contribution in [0.2, 0.25) is 31.4 Å². The molecule has 0 N–H and O–H groups in total. The van der Waals surface area contributed by atoms with Crippen molar-refractivity contribution in [3.8, 4) is 5.75 Å². The molecule has 0 amide bonds. The Bertz CT molecular complexity index is 842. The number of ether oxygens (including phenoxy) is 3. The molecule has 2 rings (SSSR count). The van der Waals surface area contributed by atoms with E-state index in [1.807, 2.05) is 12.1 Å². The molecule has 0 saturated carbocycles. The van der Waals surface area contributed by atoms with Crippen LogP contribution in [0.25, 0.3) is 0 Å². The van der Waals surface area contributed by atoms with Gasteiger partial charge in [0.25, 0.3) is 0 Å². The van der Waals surface area contributed by atoms with E-state index in [0.29, 0.717) is 6.61 Å². The van der Waals surface area contributed by atoms with Crippen LogP contribution in [0.1, 0.15) is 99.0 Å². The van der Waals surface area contributed by atoms with Crippen LogP contribution in [0.5, 0.6) is 5.75 Å². The summed E-state index contributed by atoms with van der Waals surface area (Å²) in [7, 11) is -0.0960. The first-order chi connectivity index (χ1) is 18.9. The zero-order valence-corrected chi connectivity index (χ0v) is 31.5. The summed E-state index contributed by atoms with van der Waals surface area (Å²) in [5, 5.41) is 0.212. The van der Waals surface area contributed by atoms with Crippen LogP contribution >= 0.6 is 0 Å². The third kappa shape index (κ3) is 11.7. The van der Waals surface area contributed by atoms with Gasteiger partial charge in [-0.2, -0.15) is 0 Å². The molecule has 0 bridgehead atoms. The van der Waals surface area contributed by atoms with Crippen molar-refractivity contribution >= 4 is 26.7 Å². The first-order valence-electron chi connectivity index (χ1n) is 16.2. The Morgan fingerprint density at radius 3 is 1.98 bits per heavy atom. The predicted octanol–water partition coefficient (Wildman–Crippen LogP) is 10.1. The molecule has 40 heavy (non-hydrogen) atoms. The van der Waals surface area contributed by atoms with Crippen molar-refractivity contribution in [2.75, 3.05) is 7.11 Å². The number of unbranched alkanes of at least 4 members (excludes halogenated alkanes) is 3. The van der Waals surface area contributed by atoms with Crippen LogP contribution in [0.4, 0.5) is 0 Å². The number of hydrogen-bond acceptors (Lipinski definition) is 4. The summed E-state index contributed by atoms with van der Waals surface area (Å²) in [5.74, 6) is 0.878. The maximum absolute atomic E-state index is 6.68. The van der Waals surface area contributed by atoms with Crippen molar-refractivity contribution in [3.63, 3.8) is 0 Å². The normalized spacial score (nSPS) is 19.6. The summed E-state index contributed by atoms with van der Waals surface area (Å²) in [5.41, 5.74) is 1.17. The zero-order chi connectivity index (χ0) is 29.8. The van der Waals surface area contributed by atoms with E-state index in [1.54, 1.807) is 7.11 Å². The molecule has 1 heterocycles. The molecule has 1 aromatic carbocycles. The van der Waals surface area contributed by atoms with Gasteiger partial charge in [-0.05, 0) is 0 Å². The summed E-state index contributed by atoms with van der Waals surface area (Å²) >= 11 is -2.43. The summed E-state index contributed by atoms with van der Waals surface area (Å²) in [4.78, 5) is 0. The second kappa shape index (κ2) is 17.1. The van der Waals surface area contributed by atoms with E-state index in [0.717, 1.165) is 12.2 Å². The van der Waals surface area contributed by atoms with E-state index in [-0.39, 0.29) is 29.5 Å². The fraction of sp³-hybridized carbons (Fsp3) is 0.765. The van der Waals surface area contributed by atoms with E-state index in [4.69, 9.17) is 18.6 Å². The molecule has 0 spiro atoms. The molecular formula is C34H62O4SiSn. The Balaban J connectivity index is 2.21. The average Bonchev–Trinajstić information content (AvgIpc) is 3.66.